The first kappa shape index (κ1) is 33.2. The molecule has 0 radical (unpaired) electrons. The maximum atomic E-state index is 13.6. The Morgan fingerprint density at radius 2 is 0.887 bits per heavy atom. The van der Waals surface area contributed by atoms with Crippen LogP contribution in [0.25, 0.3) is 44.3 Å². The first-order valence-corrected chi connectivity index (χ1v) is 17.6. The molecule has 6 nitrogen and oxygen atoms in total. The summed E-state index contributed by atoms with van der Waals surface area (Å²) in [5.41, 5.74) is 12.1. The lowest BCUT2D eigenvalue weighted by molar-refractivity contribution is 0.102. The number of fused-ring (bicyclic) bond motifs is 2. The molecule has 0 saturated heterocycles. The topological polar surface area (TPSA) is 84.0 Å². The summed E-state index contributed by atoms with van der Waals surface area (Å²) in [5, 5.41) is 7.78. The van der Waals surface area contributed by atoms with E-state index in [-0.39, 0.29) is 11.8 Å². The van der Waals surface area contributed by atoms with Crippen LogP contribution in [0.1, 0.15) is 43.0 Å². The summed E-state index contributed by atoms with van der Waals surface area (Å²) in [5.74, 6) is -0.372. The molecule has 0 bridgehead atoms. The van der Waals surface area contributed by atoms with E-state index in [0.29, 0.717) is 28.9 Å². The molecule has 2 aromatic heterocycles. The number of nitrogens with zero attached hydrogens (tertiary/aromatic N) is 2. The lowest BCUT2D eigenvalue weighted by atomic mass is 10.0. The number of nitrogens with one attached hydrogen (secondary N) is 2. The van der Waals surface area contributed by atoms with Gasteiger partial charge in [0.25, 0.3) is 11.8 Å². The van der Waals surface area contributed by atoms with Crippen LogP contribution in [0, 0.1) is 13.8 Å². The van der Waals surface area contributed by atoms with Gasteiger partial charge < -0.3 is 10.6 Å². The molecule has 6 heteroatoms. The van der Waals surface area contributed by atoms with Crippen LogP contribution in [0.3, 0.4) is 0 Å². The number of aromatic nitrogens is 2. The molecule has 8 rings (SSSR count). The molecule has 0 aliphatic carbocycles. The Labute approximate surface area is 308 Å². The highest BCUT2D eigenvalue weighted by molar-refractivity contribution is 6.14. The van der Waals surface area contributed by atoms with Crippen LogP contribution in [0.15, 0.2) is 158 Å². The zero-order valence-corrected chi connectivity index (χ0v) is 29.4. The van der Waals surface area contributed by atoms with Gasteiger partial charge in [-0.15, -0.1) is 0 Å². The quantitative estimate of drug-likeness (QED) is 0.166. The SMILES string of the molecule is Cc1cccc(-c2cc(C(=O)Nc3ccc(Cc4ccc(NC(=O)c5cc(-c6cccc(C)c6)nc6ccccc56)cc4)cc3)c3ccccc3n2)c1. The predicted molar refractivity (Wildman–Crippen MR) is 215 cm³/mol. The summed E-state index contributed by atoms with van der Waals surface area (Å²) in [7, 11) is 0. The van der Waals surface area contributed by atoms with Crippen molar-refractivity contribution in [3.8, 4) is 22.5 Å². The summed E-state index contributed by atoms with van der Waals surface area (Å²) in [6.45, 7) is 4.09. The van der Waals surface area contributed by atoms with Crippen molar-refractivity contribution >= 4 is 45.0 Å². The van der Waals surface area contributed by atoms with Crippen LogP contribution in [-0.2, 0) is 6.42 Å². The molecule has 0 atom stereocenters. The molecule has 2 heterocycles. The van der Waals surface area contributed by atoms with E-state index >= 15 is 0 Å². The van der Waals surface area contributed by atoms with Gasteiger partial charge in [-0.3, -0.25) is 9.59 Å². The first-order chi connectivity index (χ1) is 25.9. The second-order valence-corrected chi connectivity index (χ2v) is 13.4. The average Bonchev–Trinajstić information content (AvgIpc) is 3.18. The third-order valence-electron chi connectivity index (χ3n) is 9.38. The van der Waals surface area contributed by atoms with Gasteiger partial charge in [-0.1, -0.05) is 108 Å². The fraction of sp³-hybridized carbons (Fsp3) is 0.0638. The van der Waals surface area contributed by atoms with Gasteiger partial charge in [-0.25, -0.2) is 9.97 Å². The standard InChI is InChI=1S/C47H36N4O2/c1-30-9-7-11-34(25-30)44-28-40(38-13-3-5-15-42(38)50-44)46(52)48-36-21-17-32(18-22-36)27-33-19-23-37(24-20-33)49-47(53)41-29-45(35-12-8-10-31(2)26-35)51-43-16-6-4-14-39(41)43/h3-26,28-29H,27H2,1-2H3,(H,48,52)(H,49,53). The number of carbonyl (C=O) groups excluding carboxylic acids is 2. The number of anilines is 2. The molecular weight excluding hydrogens is 653 g/mol. The second kappa shape index (κ2) is 14.4. The number of para-hydroxylation sites is 2. The Kier molecular flexibility index (Phi) is 9.01. The van der Waals surface area contributed by atoms with Crippen LogP contribution in [0.4, 0.5) is 11.4 Å². The normalized spacial score (nSPS) is 11.1. The highest BCUT2D eigenvalue weighted by atomic mass is 16.2. The lowest BCUT2D eigenvalue weighted by Crippen LogP contribution is -2.13. The van der Waals surface area contributed by atoms with Crippen LogP contribution >= 0.6 is 0 Å². The van der Waals surface area contributed by atoms with Gasteiger partial charge in [-0.2, -0.15) is 0 Å². The number of aryl methyl sites for hydroxylation is 2. The monoisotopic (exact) mass is 688 g/mol. The molecule has 0 aliphatic heterocycles. The molecule has 0 saturated carbocycles. The highest BCUT2D eigenvalue weighted by Crippen LogP contribution is 2.28. The van der Waals surface area contributed by atoms with E-state index in [2.05, 4.69) is 22.8 Å². The number of benzene rings is 6. The van der Waals surface area contributed by atoms with Crippen molar-refractivity contribution in [1.29, 1.82) is 0 Å². The Hall–Kier alpha value is -6.92. The molecule has 0 unspecified atom stereocenters. The number of carbonyl (C=O) groups is 2. The fourth-order valence-electron chi connectivity index (χ4n) is 6.68. The second-order valence-electron chi connectivity index (χ2n) is 13.4. The van der Waals surface area contributed by atoms with Crippen LogP contribution in [-0.4, -0.2) is 21.8 Å². The summed E-state index contributed by atoms with van der Waals surface area (Å²) in [6.07, 6.45) is 0.701. The predicted octanol–water partition coefficient (Wildman–Crippen LogP) is 10.8. The maximum absolute atomic E-state index is 13.6. The van der Waals surface area contributed by atoms with E-state index in [4.69, 9.17) is 9.97 Å². The minimum Gasteiger partial charge on any atom is -0.322 e. The zero-order chi connectivity index (χ0) is 36.3. The molecule has 0 fully saturated rings. The van der Waals surface area contributed by atoms with Gasteiger partial charge in [0.15, 0.2) is 0 Å². The number of amides is 2. The van der Waals surface area contributed by atoms with Crippen molar-refractivity contribution in [1.82, 2.24) is 9.97 Å². The van der Waals surface area contributed by atoms with Gasteiger partial charge >= 0.3 is 0 Å². The maximum Gasteiger partial charge on any atom is 0.256 e. The van der Waals surface area contributed by atoms with Gasteiger partial charge in [0.2, 0.25) is 0 Å². The van der Waals surface area contributed by atoms with E-state index in [1.807, 2.05) is 159 Å². The van der Waals surface area contributed by atoms with E-state index < -0.39 is 0 Å². The smallest absolute Gasteiger partial charge is 0.256 e. The molecule has 2 amide bonds. The van der Waals surface area contributed by atoms with Crippen molar-refractivity contribution < 1.29 is 9.59 Å². The third kappa shape index (κ3) is 7.30. The lowest BCUT2D eigenvalue weighted by Gasteiger charge is -2.12. The molecule has 6 aromatic carbocycles. The minimum atomic E-state index is -0.186. The largest absolute Gasteiger partial charge is 0.322 e. The van der Waals surface area contributed by atoms with Gasteiger partial charge in [0, 0.05) is 33.3 Å². The van der Waals surface area contributed by atoms with Crippen LogP contribution < -0.4 is 10.6 Å². The average molecular weight is 689 g/mol. The van der Waals surface area contributed by atoms with E-state index in [1.165, 1.54) is 0 Å². The summed E-state index contributed by atoms with van der Waals surface area (Å²) in [4.78, 5) is 37.0. The van der Waals surface area contributed by atoms with Gasteiger partial charge in [0.1, 0.15) is 0 Å². The molecular formula is C47H36N4O2. The third-order valence-corrected chi connectivity index (χ3v) is 9.38. The van der Waals surface area contributed by atoms with Crippen molar-refractivity contribution in [3.05, 3.63) is 191 Å². The molecule has 256 valence electrons. The Bertz CT molecular complexity index is 2460. The van der Waals surface area contributed by atoms with E-state index in [9.17, 15) is 9.59 Å². The fourth-order valence-corrected chi connectivity index (χ4v) is 6.68. The van der Waals surface area contributed by atoms with Gasteiger partial charge in [0.05, 0.1) is 33.5 Å². The first-order valence-electron chi connectivity index (χ1n) is 17.6. The Morgan fingerprint density at radius 3 is 1.30 bits per heavy atom. The van der Waals surface area contributed by atoms with Crippen molar-refractivity contribution in [2.75, 3.05) is 10.6 Å². The summed E-state index contributed by atoms with van der Waals surface area (Å²) < 4.78 is 0. The number of rotatable bonds is 8. The zero-order valence-electron chi connectivity index (χ0n) is 29.4. The Morgan fingerprint density at radius 1 is 0.472 bits per heavy atom. The number of hydrogen-bond donors (Lipinski definition) is 2. The van der Waals surface area contributed by atoms with Crippen molar-refractivity contribution in [3.63, 3.8) is 0 Å². The number of hydrogen-bond acceptors (Lipinski definition) is 4. The molecule has 0 spiro atoms. The highest BCUT2D eigenvalue weighted by Gasteiger charge is 2.16. The van der Waals surface area contributed by atoms with Gasteiger partial charge in [-0.05, 0) is 92.1 Å². The summed E-state index contributed by atoms with van der Waals surface area (Å²) in [6, 6.07) is 51.3. The van der Waals surface area contributed by atoms with Crippen molar-refractivity contribution in [2.45, 2.75) is 20.3 Å². The molecule has 0 aliphatic rings. The van der Waals surface area contributed by atoms with E-state index in [0.717, 1.165) is 66.6 Å². The number of pyridine rings is 2. The van der Waals surface area contributed by atoms with Crippen LogP contribution in [0.2, 0.25) is 0 Å². The molecule has 8 aromatic rings. The summed E-state index contributed by atoms with van der Waals surface area (Å²) >= 11 is 0. The van der Waals surface area contributed by atoms with Crippen LogP contribution in [0.5, 0.6) is 0 Å². The Balaban J connectivity index is 0.951. The van der Waals surface area contributed by atoms with Crippen molar-refractivity contribution in [2.24, 2.45) is 0 Å². The minimum absolute atomic E-state index is 0.186. The molecule has 53 heavy (non-hydrogen) atoms. The molecule has 2 N–H and O–H groups in total. The van der Waals surface area contributed by atoms with E-state index in [1.54, 1.807) is 0 Å².